The highest BCUT2D eigenvalue weighted by Gasteiger charge is 2.04. The third-order valence-corrected chi connectivity index (χ3v) is 3.12. The fraction of sp³-hybridized carbons (Fsp3) is 0.364. The van der Waals surface area contributed by atoms with Crippen molar-refractivity contribution in [3.63, 3.8) is 0 Å². The van der Waals surface area contributed by atoms with Crippen molar-refractivity contribution in [2.75, 3.05) is 17.7 Å². The summed E-state index contributed by atoms with van der Waals surface area (Å²) in [4.78, 5) is 12.9. The first-order chi connectivity index (χ1) is 8.19. The Morgan fingerprint density at radius 1 is 1.29 bits per heavy atom. The molecular formula is C11H15N5S. The van der Waals surface area contributed by atoms with Gasteiger partial charge in [-0.05, 0) is 13.8 Å². The molecule has 0 aliphatic heterocycles. The van der Waals surface area contributed by atoms with Crippen molar-refractivity contribution in [2.45, 2.75) is 20.4 Å². The Balaban J connectivity index is 2.07. The Hall–Kier alpha value is -1.69. The van der Waals surface area contributed by atoms with Crippen LogP contribution in [0.25, 0.3) is 0 Å². The highest BCUT2D eigenvalue weighted by atomic mass is 32.1. The van der Waals surface area contributed by atoms with Gasteiger partial charge in [0.25, 0.3) is 0 Å². The fourth-order valence-electron chi connectivity index (χ4n) is 1.41. The number of anilines is 2. The van der Waals surface area contributed by atoms with Crippen LogP contribution in [0.5, 0.6) is 0 Å². The number of aromatic nitrogens is 3. The van der Waals surface area contributed by atoms with Crippen molar-refractivity contribution in [3.05, 3.63) is 27.8 Å². The van der Waals surface area contributed by atoms with Gasteiger partial charge in [0.15, 0.2) is 0 Å². The zero-order valence-electron chi connectivity index (χ0n) is 10.1. The van der Waals surface area contributed by atoms with E-state index in [4.69, 9.17) is 0 Å². The topological polar surface area (TPSA) is 62.7 Å². The van der Waals surface area contributed by atoms with Gasteiger partial charge in [-0.1, -0.05) is 0 Å². The van der Waals surface area contributed by atoms with E-state index < -0.39 is 0 Å². The minimum Gasteiger partial charge on any atom is -0.364 e. The second kappa shape index (κ2) is 5.09. The zero-order valence-corrected chi connectivity index (χ0v) is 10.9. The van der Waals surface area contributed by atoms with Crippen molar-refractivity contribution in [1.82, 2.24) is 15.0 Å². The van der Waals surface area contributed by atoms with Crippen LogP contribution in [0.2, 0.25) is 0 Å². The number of thiazole rings is 1. The maximum Gasteiger partial charge on any atom is 0.224 e. The Morgan fingerprint density at radius 3 is 2.76 bits per heavy atom. The molecule has 0 saturated carbocycles. The lowest BCUT2D eigenvalue weighted by molar-refractivity contribution is 1.02. The minimum atomic E-state index is 0.618. The lowest BCUT2D eigenvalue weighted by Crippen LogP contribution is -2.06. The molecule has 90 valence electrons. The Labute approximate surface area is 104 Å². The van der Waals surface area contributed by atoms with Gasteiger partial charge in [-0.25, -0.2) is 9.97 Å². The summed E-state index contributed by atoms with van der Waals surface area (Å²) in [6.45, 7) is 4.67. The molecule has 0 aliphatic rings. The highest BCUT2D eigenvalue weighted by molar-refractivity contribution is 7.09. The summed E-state index contributed by atoms with van der Waals surface area (Å²) >= 11 is 1.66. The van der Waals surface area contributed by atoms with Gasteiger partial charge in [0, 0.05) is 24.2 Å². The molecule has 0 fully saturated rings. The minimum absolute atomic E-state index is 0.618. The van der Waals surface area contributed by atoms with Crippen molar-refractivity contribution in [3.8, 4) is 0 Å². The van der Waals surface area contributed by atoms with E-state index in [-0.39, 0.29) is 0 Å². The quantitative estimate of drug-likeness (QED) is 0.869. The van der Waals surface area contributed by atoms with Crippen LogP contribution < -0.4 is 10.6 Å². The molecule has 0 spiro atoms. The predicted molar refractivity (Wildman–Crippen MR) is 70.5 cm³/mol. The van der Waals surface area contributed by atoms with Gasteiger partial charge in [0.05, 0.1) is 17.2 Å². The highest BCUT2D eigenvalue weighted by Crippen LogP contribution is 2.14. The Bertz CT molecular complexity index is 508. The zero-order chi connectivity index (χ0) is 12.3. The SMILES string of the molecule is CNc1ncc(C)c(NCc2csc(C)n2)n1. The first-order valence-corrected chi connectivity index (χ1v) is 6.23. The number of rotatable bonds is 4. The van der Waals surface area contributed by atoms with Crippen LogP contribution in [0.1, 0.15) is 16.3 Å². The van der Waals surface area contributed by atoms with E-state index in [1.54, 1.807) is 24.6 Å². The van der Waals surface area contributed by atoms with Crippen LogP contribution in [-0.4, -0.2) is 22.0 Å². The van der Waals surface area contributed by atoms with Gasteiger partial charge in [0.1, 0.15) is 5.82 Å². The third-order valence-electron chi connectivity index (χ3n) is 2.30. The second-order valence-electron chi connectivity index (χ2n) is 3.69. The molecule has 0 radical (unpaired) electrons. The molecule has 6 heteroatoms. The second-order valence-corrected chi connectivity index (χ2v) is 4.75. The van der Waals surface area contributed by atoms with E-state index in [9.17, 15) is 0 Å². The molecule has 0 saturated heterocycles. The first kappa shape index (κ1) is 11.8. The smallest absolute Gasteiger partial charge is 0.224 e. The van der Waals surface area contributed by atoms with Gasteiger partial charge in [-0.15, -0.1) is 11.3 Å². The Kier molecular flexibility index (Phi) is 3.53. The van der Waals surface area contributed by atoms with Crippen LogP contribution in [0, 0.1) is 13.8 Å². The molecule has 0 bridgehead atoms. The third kappa shape index (κ3) is 2.91. The summed E-state index contributed by atoms with van der Waals surface area (Å²) in [5, 5.41) is 9.33. The molecule has 2 heterocycles. The molecule has 2 aromatic rings. The lowest BCUT2D eigenvalue weighted by Gasteiger charge is -2.08. The van der Waals surface area contributed by atoms with Crippen molar-refractivity contribution >= 4 is 23.1 Å². The summed E-state index contributed by atoms with van der Waals surface area (Å²) < 4.78 is 0. The van der Waals surface area contributed by atoms with Crippen molar-refractivity contribution in [2.24, 2.45) is 0 Å². The van der Waals surface area contributed by atoms with E-state index in [2.05, 4.69) is 31.0 Å². The number of nitrogens with one attached hydrogen (secondary N) is 2. The number of aryl methyl sites for hydroxylation is 2. The number of hydrogen-bond donors (Lipinski definition) is 2. The molecule has 17 heavy (non-hydrogen) atoms. The van der Waals surface area contributed by atoms with Gasteiger partial charge >= 0.3 is 0 Å². The van der Waals surface area contributed by atoms with Crippen LogP contribution in [-0.2, 0) is 6.54 Å². The summed E-state index contributed by atoms with van der Waals surface area (Å²) in [6.07, 6.45) is 1.80. The first-order valence-electron chi connectivity index (χ1n) is 5.35. The molecular weight excluding hydrogens is 234 g/mol. The van der Waals surface area contributed by atoms with E-state index in [1.165, 1.54) is 0 Å². The summed E-state index contributed by atoms with van der Waals surface area (Å²) in [5.41, 5.74) is 2.06. The van der Waals surface area contributed by atoms with E-state index in [0.29, 0.717) is 12.5 Å². The molecule has 0 aromatic carbocycles. The number of hydrogen-bond acceptors (Lipinski definition) is 6. The lowest BCUT2D eigenvalue weighted by atomic mass is 10.3. The largest absolute Gasteiger partial charge is 0.364 e. The molecule has 0 aliphatic carbocycles. The maximum absolute atomic E-state index is 4.39. The normalized spacial score (nSPS) is 10.3. The Morgan fingerprint density at radius 2 is 2.12 bits per heavy atom. The van der Waals surface area contributed by atoms with Gasteiger partial charge in [0.2, 0.25) is 5.95 Å². The molecule has 0 unspecified atom stereocenters. The van der Waals surface area contributed by atoms with Crippen LogP contribution in [0.3, 0.4) is 0 Å². The summed E-state index contributed by atoms with van der Waals surface area (Å²) in [5.74, 6) is 1.46. The van der Waals surface area contributed by atoms with Crippen molar-refractivity contribution in [1.29, 1.82) is 0 Å². The van der Waals surface area contributed by atoms with Gasteiger partial charge in [-0.2, -0.15) is 4.98 Å². The fourth-order valence-corrected chi connectivity index (χ4v) is 2.02. The van der Waals surface area contributed by atoms with Gasteiger partial charge in [-0.3, -0.25) is 0 Å². The van der Waals surface area contributed by atoms with Crippen LogP contribution >= 0.6 is 11.3 Å². The molecule has 2 rings (SSSR count). The summed E-state index contributed by atoms with van der Waals surface area (Å²) in [6, 6.07) is 0. The molecule has 2 N–H and O–H groups in total. The number of nitrogens with zero attached hydrogens (tertiary/aromatic N) is 3. The van der Waals surface area contributed by atoms with Crippen molar-refractivity contribution < 1.29 is 0 Å². The van der Waals surface area contributed by atoms with Crippen LogP contribution in [0.15, 0.2) is 11.6 Å². The van der Waals surface area contributed by atoms with E-state index >= 15 is 0 Å². The molecule has 0 atom stereocenters. The van der Waals surface area contributed by atoms with Crippen LogP contribution in [0.4, 0.5) is 11.8 Å². The molecule has 5 nitrogen and oxygen atoms in total. The average Bonchev–Trinajstić information content (AvgIpc) is 2.74. The van der Waals surface area contributed by atoms with Gasteiger partial charge < -0.3 is 10.6 Å². The monoisotopic (exact) mass is 249 g/mol. The molecule has 0 amide bonds. The predicted octanol–water partition coefficient (Wildman–Crippen LogP) is 2.20. The maximum atomic E-state index is 4.39. The van der Waals surface area contributed by atoms with E-state index in [1.807, 2.05) is 13.8 Å². The molecule has 2 aromatic heterocycles. The average molecular weight is 249 g/mol. The summed E-state index contributed by atoms with van der Waals surface area (Å²) in [7, 11) is 1.80. The standard InChI is InChI=1S/C11H15N5S/c1-7-4-14-11(12-3)16-10(7)13-5-9-6-17-8(2)15-9/h4,6H,5H2,1-3H3,(H2,12,13,14,16). The van der Waals surface area contributed by atoms with E-state index in [0.717, 1.165) is 22.1 Å².